The molecule has 2 N–H and O–H groups in total. The van der Waals surface area contributed by atoms with Gasteiger partial charge in [-0.3, -0.25) is 0 Å². The zero-order chi connectivity index (χ0) is 26.2. The van der Waals surface area contributed by atoms with Gasteiger partial charge in [-0.15, -0.1) is 0 Å². The second-order valence-electron chi connectivity index (χ2n) is 9.78. The number of fused-ring (bicyclic) bond motifs is 3. The average molecular weight is 637 g/mol. The molecule has 38 heavy (non-hydrogen) atoms. The zero-order valence-electron chi connectivity index (χ0n) is 20.7. The van der Waals surface area contributed by atoms with E-state index in [1.165, 1.54) is 25.4 Å². The van der Waals surface area contributed by atoms with Crippen molar-refractivity contribution >= 4 is 67.4 Å². The number of para-hydroxylation sites is 2. The van der Waals surface area contributed by atoms with Crippen LogP contribution in [0.1, 0.15) is 30.3 Å². The van der Waals surface area contributed by atoms with Gasteiger partial charge in [0.05, 0.1) is 0 Å². The van der Waals surface area contributed by atoms with Crippen LogP contribution < -0.4 is 13.9 Å². The summed E-state index contributed by atoms with van der Waals surface area (Å²) in [7, 11) is 0. The number of carbonyl (C=O) groups is 2. The quantitative estimate of drug-likeness (QED) is 0.320. The molecule has 0 fully saturated rings. The van der Waals surface area contributed by atoms with Crippen molar-refractivity contribution in [3.05, 3.63) is 92.6 Å². The standard InChI is InChI=1S/C30H26N2O4Se2/c33-29(34)17-31-23-5-1-3-7-25(23)37-27(31)15-19-9-11-21-12-10-20(14-22(21)13-19)16-28-32(18-30(35)36)24-6-2-4-8-26(24)38-28/h1-8,13-16,21H,9-12,17-18H2,(H-,33,34,35,36)/p+1. The number of allylic oxidation sites excluding steroid dienone is 6. The van der Waals surface area contributed by atoms with Crippen molar-refractivity contribution in [2.45, 2.75) is 32.2 Å². The van der Waals surface area contributed by atoms with Gasteiger partial charge in [0.15, 0.2) is 0 Å². The van der Waals surface area contributed by atoms with E-state index in [9.17, 15) is 19.8 Å². The van der Waals surface area contributed by atoms with Crippen LogP contribution in [-0.2, 0) is 16.1 Å². The molecule has 8 heteroatoms. The maximum absolute atomic E-state index is 11.6. The molecule has 0 amide bonds. The summed E-state index contributed by atoms with van der Waals surface area (Å²) < 4.78 is 6.62. The summed E-state index contributed by atoms with van der Waals surface area (Å²) in [6.45, 7) is -0.0443. The van der Waals surface area contributed by atoms with Crippen LogP contribution in [0.4, 0.5) is 5.69 Å². The predicted octanol–water partition coefficient (Wildman–Crippen LogP) is 3.48. The van der Waals surface area contributed by atoms with E-state index in [-0.39, 0.29) is 42.5 Å². The molecule has 0 saturated carbocycles. The van der Waals surface area contributed by atoms with Gasteiger partial charge < -0.3 is 0 Å². The number of carboxylic acids is 2. The number of carboxylic acid groups (broad SMARTS) is 2. The van der Waals surface area contributed by atoms with Crippen LogP contribution in [-0.4, -0.2) is 58.2 Å². The Hall–Kier alpha value is -3.15. The molecular formula is C30H27N2O4Se2+. The van der Waals surface area contributed by atoms with Gasteiger partial charge in [-0.1, -0.05) is 0 Å². The third kappa shape index (κ3) is 5.10. The van der Waals surface area contributed by atoms with E-state index >= 15 is 0 Å². The molecule has 1 atom stereocenters. The predicted molar refractivity (Wildman–Crippen MR) is 150 cm³/mol. The van der Waals surface area contributed by atoms with Crippen LogP contribution in [0, 0.1) is 5.92 Å². The van der Waals surface area contributed by atoms with Gasteiger partial charge in [0.25, 0.3) is 0 Å². The Bertz CT molecular complexity index is 1580. The number of hydrogen-bond donors (Lipinski definition) is 2. The first-order chi connectivity index (χ1) is 18.4. The van der Waals surface area contributed by atoms with E-state index in [0.717, 1.165) is 46.1 Å². The van der Waals surface area contributed by atoms with Gasteiger partial charge in [0, 0.05) is 0 Å². The van der Waals surface area contributed by atoms with Crippen molar-refractivity contribution in [3.63, 3.8) is 0 Å². The summed E-state index contributed by atoms with van der Waals surface area (Å²) in [6, 6.07) is 16.2. The molecule has 2 aromatic carbocycles. The van der Waals surface area contributed by atoms with E-state index in [0.29, 0.717) is 5.92 Å². The SMILES string of the molecule is O=C(O)CN1C(=CC2=CC3=CC(=Cc4[se]c5ccccc5[n+]4CC(=O)O)CCC3CC2)[Se]c2ccccc21. The van der Waals surface area contributed by atoms with E-state index in [1.807, 2.05) is 45.9 Å². The van der Waals surface area contributed by atoms with Gasteiger partial charge in [-0.05, 0) is 0 Å². The Morgan fingerprint density at radius 2 is 1.76 bits per heavy atom. The van der Waals surface area contributed by atoms with Gasteiger partial charge in [-0.25, -0.2) is 0 Å². The normalized spacial score (nSPS) is 20.8. The Labute approximate surface area is 233 Å². The minimum atomic E-state index is -0.823. The first-order valence-electron chi connectivity index (χ1n) is 12.7. The van der Waals surface area contributed by atoms with Gasteiger partial charge >= 0.3 is 234 Å². The summed E-state index contributed by atoms with van der Waals surface area (Å²) in [5.74, 6) is -1.10. The molecule has 0 spiro atoms. The molecule has 3 aliphatic rings. The van der Waals surface area contributed by atoms with Crippen LogP contribution in [0.25, 0.3) is 15.9 Å². The number of benzene rings is 2. The molecule has 192 valence electrons. The van der Waals surface area contributed by atoms with Crippen molar-refractivity contribution < 1.29 is 24.4 Å². The summed E-state index contributed by atoms with van der Waals surface area (Å²) in [6.07, 6.45) is 13.3. The molecular weight excluding hydrogens is 610 g/mol. The third-order valence-electron chi connectivity index (χ3n) is 7.22. The van der Waals surface area contributed by atoms with Crippen molar-refractivity contribution in [2.75, 3.05) is 11.4 Å². The molecule has 1 aliphatic heterocycles. The Morgan fingerprint density at radius 3 is 2.61 bits per heavy atom. The van der Waals surface area contributed by atoms with Crippen molar-refractivity contribution in [1.82, 2.24) is 0 Å². The summed E-state index contributed by atoms with van der Waals surface area (Å²) in [5, 5.41) is 19.0. The maximum atomic E-state index is 11.6. The number of nitrogens with zero attached hydrogens (tertiary/aromatic N) is 2. The fourth-order valence-corrected chi connectivity index (χ4v) is 10.2. The van der Waals surface area contributed by atoms with E-state index < -0.39 is 11.9 Å². The second-order valence-corrected chi connectivity index (χ2v) is 14.2. The number of hydrogen-bond acceptors (Lipinski definition) is 3. The molecule has 0 radical (unpaired) electrons. The first-order valence-corrected chi connectivity index (χ1v) is 16.1. The van der Waals surface area contributed by atoms with Crippen LogP contribution in [0.2, 0.25) is 0 Å². The van der Waals surface area contributed by atoms with Crippen LogP contribution in [0.15, 0.2) is 88.1 Å². The monoisotopic (exact) mass is 639 g/mol. The van der Waals surface area contributed by atoms with Crippen molar-refractivity contribution in [3.8, 4) is 0 Å². The number of rotatable bonds is 6. The molecule has 2 aliphatic carbocycles. The van der Waals surface area contributed by atoms with E-state index in [1.54, 1.807) is 0 Å². The van der Waals surface area contributed by atoms with Gasteiger partial charge in [0.1, 0.15) is 0 Å². The molecule has 3 aromatic rings. The molecule has 1 aromatic heterocycles. The molecule has 0 saturated heterocycles. The summed E-state index contributed by atoms with van der Waals surface area (Å²) in [5.41, 5.74) is 5.87. The molecule has 6 rings (SSSR count). The zero-order valence-corrected chi connectivity index (χ0v) is 24.1. The average Bonchev–Trinajstić information content (AvgIpc) is 3.40. The van der Waals surface area contributed by atoms with Crippen LogP contribution in [0.3, 0.4) is 0 Å². The van der Waals surface area contributed by atoms with Crippen LogP contribution >= 0.6 is 0 Å². The molecule has 2 heterocycles. The second kappa shape index (κ2) is 10.5. The molecule has 6 nitrogen and oxygen atoms in total. The molecule has 0 bridgehead atoms. The Balaban J connectivity index is 1.32. The summed E-state index contributed by atoms with van der Waals surface area (Å²) >= 11 is 0.166. The van der Waals surface area contributed by atoms with Gasteiger partial charge in [0.2, 0.25) is 0 Å². The van der Waals surface area contributed by atoms with E-state index in [4.69, 9.17) is 0 Å². The van der Waals surface area contributed by atoms with Crippen molar-refractivity contribution in [2.24, 2.45) is 5.92 Å². The number of anilines is 1. The topological polar surface area (TPSA) is 81.7 Å². The number of aromatic nitrogens is 1. The first kappa shape index (κ1) is 25.1. The third-order valence-corrected chi connectivity index (χ3v) is 11.9. The van der Waals surface area contributed by atoms with E-state index in [2.05, 4.69) is 36.4 Å². The van der Waals surface area contributed by atoms with Crippen LogP contribution in [0.5, 0.6) is 0 Å². The molecule has 1 unspecified atom stereocenters. The summed E-state index contributed by atoms with van der Waals surface area (Å²) in [4.78, 5) is 25.1. The minimum absolute atomic E-state index is 0.0221. The van der Waals surface area contributed by atoms with Gasteiger partial charge in [-0.2, -0.15) is 0 Å². The number of aliphatic carboxylic acids is 2. The Morgan fingerprint density at radius 1 is 0.974 bits per heavy atom. The Kier molecular flexibility index (Phi) is 6.98. The van der Waals surface area contributed by atoms with Crippen molar-refractivity contribution in [1.29, 1.82) is 0 Å². The fraction of sp³-hybridized carbons (Fsp3) is 0.233. The fourth-order valence-electron chi connectivity index (χ4n) is 5.47.